The maximum Gasteiger partial charge on any atom is 0.180 e. The van der Waals surface area contributed by atoms with E-state index < -0.39 is 6.29 Å². The highest BCUT2D eigenvalue weighted by Crippen LogP contribution is 2.34. The molecule has 1 unspecified atom stereocenters. The first-order valence-electron chi connectivity index (χ1n) is 7.23. The van der Waals surface area contributed by atoms with Crippen molar-refractivity contribution < 1.29 is 19.7 Å². The molecule has 4 rings (SSSR count). The second kappa shape index (κ2) is 5.15. The number of aromatic nitrogens is 1. The van der Waals surface area contributed by atoms with Crippen molar-refractivity contribution in [3.8, 4) is 11.5 Å². The van der Waals surface area contributed by atoms with Gasteiger partial charge in [0.2, 0.25) is 0 Å². The first-order valence-corrected chi connectivity index (χ1v) is 7.23. The largest absolute Gasteiger partial charge is 0.493 e. The Balaban J connectivity index is 1.53. The fourth-order valence-electron chi connectivity index (χ4n) is 2.90. The van der Waals surface area contributed by atoms with Crippen LogP contribution >= 0.6 is 0 Å². The molecule has 114 valence electrons. The number of anilines is 1. The lowest BCUT2D eigenvalue weighted by Crippen LogP contribution is -2.23. The van der Waals surface area contributed by atoms with E-state index in [0.717, 1.165) is 23.6 Å². The predicted octanol–water partition coefficient (Wildman–Crippen LogP) is 1.37. The second-order valence-corrected chi connectivity index (χ2v) is 5.42. The summed E-state index contributed by atoms with van der Waals surface area (Å²) in [6.07, 6.45) is 1.25. The smallest absolute Gasteiger partial charge is 0.180 e. The number of rotatable bonds is 3. The third-order valence-corrected chi connectivity index (χ3v) is 3.97. The number of fused-ring (bicyclic) bond motifs is 2. The second-order valence-electron chi connectivity index (χ2n) is 5.42. The summed E-state index contributed by atoms with van der Waals surface area (Å²) in [5.74, 6) is 1.59. The van der Waals surface area contributed by atoms with Crippen LogP contribution in [0.5, 0.6) is 11.5 Å². The van der Waals surface area contributed by atoms with Crippen molar-refractivity contribution in [1.29, 1.82) is 0 Å². The third kappa shape index (κ3) is 2.26. The molecular weight excluding hydrogens is 284 g/mol. The SMILES string of the molecule is OC(O)c1ccnc2c1NC(Oc1ccc3c(c1)OCC3)C2. The highest BCUT2D eigenvalue weighted by Gasteiger charge is 2.27. The van der Waals surface area contributed by atoms with Crippen LogP contribution in [0.3, 0.4) is 0 Å². The summed E-state index contributed by atoms with van der Waals surface area (Å²) in [5, 5.41) is 22.0. The van der Waals surface area contributed by atoms with Crippen molar-refractivity contribution in [2.75, 3.05) is 11.9 Å². The van der Waals surface area contributed by atoms with Gasteiger partial charge in [-0.1, -0.05) is 6.07 Å². The Morgan fingerprint density at radius 1 is 1.32 bits per heavy atom. The highest BCUT2D eigenvalue weighted by atomic mass is 16.5. The Labute approximate surface area is 127 Å². The Kier molecular flexibility index (Phi) is 3.13. The first-order chi connectivity index (χ1) is 10.7. The number of aliphatic hydroxyl groups is 2. The number of nitrogens with zero attached hydrogens (tertiary/aromatic N) is 1. The van der Waals surface area contributed by atoms with Crippen molar-refractivity contribution in [1.82, 2.24) is 4.98 Å². The van der Waals surface area contributed by atoms with Crippen LogP contribution in [0.15, 0.2) is 30.5 Å². The predicted molar refractivity (Wildman–Crippen MR) is 78.8 cm³/mol. The van der Waals surface area contributed by atoms with Crippen molar-refractivity contribution >= 4 is 5.69 Å². The van der Waals surface area contributed by atoms with Crippen LogP contribution < -0.4 is 14.8 Å². The molecule has 6 heteroatoms. The van der Waals surface area contributed by atoms with E-state index in [1.165, 1.54) is 5.56 Å². The van der Waals surface area contributed by atoms with Gasteiger partial charge in [-0.15, -0.1) is 0 Å². The van der Waals surface area contributed by atoms with Crippen LogP contribution in [0.25, 0.3) is 0 Å². The molecule has 1 aromatic carbocycles. The molecule has 3 heterocycles. The number of hydrogen-bond donors (Lipinski definition) is 3. The molecule has 1 aromatic heterocycles. The summed E-state index contributed by atoms with van der Waals surface area (Å²) < 4.78 is 11.5. The normalized spacial score (nSPS) is 18.6. The van der Waals surface area contributed by atoms with Crippen LogP contribution in [0.1, 0.15) is 23.1 Å². The van der Waals surface area contributed by atoms with Gasteiger partial charge in [-0.3, -0.25) is 4.98 Å². The summed E-state index contributed by atoms with van der Waals surface area (Å²) in [6.45, 7) is 0.716. The van der Waals surface area contributed by atoms with Crippen molar-refractivity contribution in [3.05, 3.63) is 47.3 Å². The van der Waals surface area contributed by atoms with E-state index in [1.54, 1.807) is 12.3 Å². The summed E-state index contributed by atoms with van der Waals surface area (Å²) in [5.41, 5.74) is 3.02. The van der Waals surface area contributed by atoms with Crippen molar-refractivity contribution in [2.24, 2.45) is 0 Å². The van der Waals surface area contributed by atoms with Crippen LogP contribution in [0.4, 0.5) is 5.69 Å². The Morgan fingerprint density at radius 3 is 3.09 bits per heavy atom. The molecule has 0 saturated carbocycles. The lowest BCUT2D eigenvalue weighted by molar-refractivity contribution is -0.0419. The van der Waals surface area contributed by atoms with Crippen molar-refractivity contribution in [2.45, 2.75) is 25.4 Å². The molecule has 6 nitrogen and oxygen atoms in total. The number of nitrogens with one attached hydrogen (secondary N) is 1. The van der Waals surface area contributed by atoms with E-state index in [9.17, 15) is 10.2 Å². The van der Waals surface area contributed by atoms with Gasteiger partial charge in [0.1, 0.15) is 11.5 Å². The molecule has 22 heavy (non-hydrogen) atoms. The van der Waals surface area contributed by atoms with Gasteiger partial charge in [-0.05, 0) is 17.7 Å². The standard InChI is InChI=1S/C16H16N2O4/c19-16(20)11-3-5-17-12-8-14(18-15(11)12)22-10-2-1-9-4-6-21-13(9)7-10/h1-3,5,7,14,16,18-20H,4,6,8H2. The topological polar surface area (TPSA) is 83.8 Å². The number of aliphatic hydroxyl groups excluding tert-OH is 1. The number of hydrogen-bond acceptors (Lipinski definition) is 6. The van der Waals surface area contributed by atoms with Gasteiger partial charge in [0.15, 0.2) is 12.5 Å². The molecule has 0 spiro atoms. The lowest BCUT2D eigenvalue weighted by Gasteiger charge is -2.16. The molecule has 1 atom stereocenters. The Morgan fingerprint density at radius 2 is 2.23 bits per heavy atom. The van der Waals surface area contributed by atoms with Crippen molar-refractivity contribution in [3.63, 3.8) is 0 Å². The molecule has 2 aromatic rings. The zero-order chi connectivity index (χ0) is 15.1. The average Bonchev–Trinajstić information content (AvgIpc) is 3.11. The van der Waals surface area contributed by atoms with Crippen LogP contribution in [-0.2, 0) is 12.8 Å². The number of benzene rings is 1. The maximum atomic E-state index is 9.40. The zero-order valence-corrected chi connectivity index (χ0v) is 11.8. The molecule has 0 saturated heterocycles. The monoisotopic (exact) mass is 300 g/mol. The molecule has 0 fully saturated rings. The first kappa shape index (κ1) is 13.4. The summed E-state index contributed by atoms with van der Waals surface area (Å²) in [6, 6.07) is 7.42. The average molecular weight is 300 g/mol. The van der Waals surface area contributed by atoms with Gasteiger partial charge in [-0.25, -0.2) is 0 Å². The van der Waals surface area contributed by atoms with Gasteiger partial charge in [0.25, 0.3) is 0 Å². The minimum absolute atomic E-state index is 0.290. The molecule has 0 radical (unpaired) electrons. The van der Waals surface area contributed by atoms with Gasteiger partial charge in [0, 0.05) is 30.7 Å². The molecule has 2 aliphatic heterocycles. The summed E-state index contributed by atoms with van der Waals surface area (Å²) in [7, 11) is 0. The molecule has 0 amide bonds. The van der Waals surface area contributed by atoms with Crippen LogP contribution in [0.2, 0.25) is 0 Å². The maximum absolute atomic E-state index is 9.40. The molecule has 2 aliphatic rings. The summed E-state index contributed by atoms with van der Waals surface area (Å²) >= 11 is 0. The molecular formula is C16H16N2O4. The van der Waals surface area contributed by atoms with Crippen LogP contribution in [-0.4, -0.2) is 28.0 Å². The van der Waals surface area contributed by atoms with E-state index in [-0.39, 0.29) is 6.23 Å². The zero-order valence-electron chi connectivity index (χ0n) is 11.8. The minimum Gasteiger partial charge on any atom is -0.493 e. The number of pyridine rings is 1. The highest BCUT2D eigenvalue weighted by molar-refractivity contribution is 5.59. The Bertz CT molecular complexity index is 717. The van der Waals surface area contributed by atoms with Gasteiger partial charge >= 0.3 is 0 Å². The number of ether oxygens (including phenoxy) is 2. The van der Waals surface area contributed by atoms with E-state index in [0.29, 0.717) is 24.3 Å². The van der Waals surface area contributed by atoms with E-state index in [2.05, 4.69) is 10.3 Å². The van der Waals surface area contributed by atoms with Gasteiger partial charge in [0.05, 0.1) is 18.0 Å². The fraction of sp³-hybridized carbons (Fsp3) is 0.312. The molecule has 3 N–H and O–H groups in total. The van der Waals surface area contributed by atoms with E-state index in [4.69, 9.17) is 9.47 Å². The lowest BCUT2D eigenvalue weighted by atomic mass is 10.1. The Hall–Kier alpha value is -2.31. The minimum atomic E-state index is -1.53. The van der Waals surface area contributed by atoms with Gasteiger partial charge in [-0.2, -0.15) is 0 Å². The fourth-order valence-corrected chi connectivity index (χ4v) is 2.90. The van der Waals surface area contributed by atoms with Gasteiger partial charge < -0.3 is 25.0 Å². The van der Waals surface area contributed by atoms with E-state index >= 15 is 0 Å². The summed E-state index contributed by atoms with van der Waals surface area (Å²) in [4.78, 5) is 4.26. The van der Waals surface area contributed by atoms with Crippen LogP contribution in [0, 0.1) is 0 Å². The molecule has 0 bridgehead atoms. The van der Waals surface area contributed by atoms with E-state index in [1.807, 2.05) is 18.2 Å². The quantitative estimate of drug-likeness (QED) is 0.743. The third-order valence-electron chi connectivity index (χ3n) is 3.97. The molecule has 0 aliphatic carbocycles.